The predicted octanol–water partition coefficient (Wildman–Crippen LogP) is 4.39. The van der Waals surface area contributed by atoms with Crippen molar-refractivity contribution in [2.24, 2.45) is 0 Å². The lowest BCUT2D eigenvalue weighted by atomic mass is 10.1. The molecule has 0 amide bonds. The van der Waals surface area contributed by atoms with E-state index in [1.807, 2.05) is 30.3 Å². The first-order valence-electron chi connectivity index (χ1n) is 6.22. The van der Waals surface area contributed by atoms with Gasteiger partial charge >= 0.3 is 0 Å². The van der Waals surface area contributed by atoms with E-state index < -0.39 is 6.10 Å². The number of aliphatic hydroxyl groups is 1. The molecule has 2 nitrogen and oxygen atoms in total. The van der Waals surface area contributed by atoms with Gasteiger partial charge in [0.05, 0.1) is 6.10 Å². The fraction of sp³-hybridized carbons (Fsp3) is 0.250. The minimum absolute atomic E-state index is 0.503. The second-order valence-corrected chi connectivity index (χ2v) is 5.55. The number of aryl methyl sites for hydroxylation is 1. The van der Waals surface area contributed by atoms with E-state index in [-0.39, 0.29) is 0 Å². The van der Waals surface area contributed by atoms with Gasteiger partial charge in [0, 0.05) is 10.0 Å². The highest BCUT2D eigenvalue weighted by molar-refractivity contribution is 9.10. The Kier molecular flexibility index (Phi) is 4.61. The molecular formula is C16H17BrO2. The van der Waals surface area contributed by atoms with Crippen LogP contribution in [0.3, 0.4) is 0 Å². The van der Waals surface area contributed by atoms with E-state index in [2.05, 4.69) is 35.0 Å². The van der Waals surface area contributed by atoms with E-state index in [9.17, 15) is 5.11 Å². The fourth-order valence-electron chi connectivity index (χ4n) is 1.94. The zero-order chi connectivity index (χ0) is 13.8. The smallest absolute Gasteiger partial charge is 0.125 e. The Labute approximate surface area is 122 Å². The van der Waals surface area contributed by atoms with Gasteiger partial charge in [0.1, 0.15) is 12.4 Å². The van der Waals surface area contributed by atoms with Crippen LogP contribution in [0.2, 0.25) is 0 Å². The quantitative estimate of drug-likeness (QED) is 0.905. The van der Waals surface area contributed by atoms with Gasteiger partial charge < -0.3 is 9.84 Å². The van der Waals surface area contributed by atoms with Crippen LogP contribution in [0.1, 0.15) is 29.7 Å². The number of halogens is 1. The molecular weight excluding hydrogens is 304 g/mol. The van der Waals surface area contributed by atoms with Crippen LogP contribution in [0.4, 0.5) is 0 Å². The van der Waals surface area contributed by atoms with Gasteiger partial charge in [-0.2, -0.15) is 0 Å². The second-order valence-electron chi connectivity index (χ2n) is 4.64. The molecule has 0 aromatic heterocycles. The third kappa shape index (κ3) is 3.82. The average molecular weight is 321 g/mol. The Bertz CT molecular complexity index is 564. The van der Waals surface area contributed by atoms with Gasteiger partial charge in [-0.05, 0) is 37.6 Å². The van der Waals surface area contributed by atoms with E-state index in [0.717, 1.165) is 21.3 Å². The number of aliphatic hydroxyl groups excluding tert-OH is 1. The van der Waals surface area contributed by atoms with E-state index in [4.69, 9.17) is 4.74 Å². The lowest BCUT2D eigenvalue weighted by Gasteiger charge is -2.14. The van der Waals surface area contributed by atoms with Gasteiger partial charge in [0.15, 0.2) is 0 Å². The van der Waals surface area contributed by atoms with Crippen molar-refractivity contribution in [3.05, 3.63) is 63.6 Å². The zero-order valence-electron chi connectivity index (χ0n) is 11.1. The molecule has 100 valence electrons. The molecule has 1 atom stereocenters. The molecule has 0 aliphatic rings. The molecule has 2 aromatic carbocycles. The van der Waals surface area contributed by atoms with E-state index >= 15 is 0 Å². The summed E-state index contributed by atoms with van der Waals surface area (Å²) in [5.41, 5.74) is 3.13. The molecule has 3 heteroatoms. The maximum atomic E-state index is 9.77. The molecule has 0 unspecified atom stereocenters. The van der Waals surface area contributed by atoms with Gasteiger partial charge in [0.2, 0.25) is 0 Å². The standard InChI is InChI=1S/C16H17BrO2/c1-11-4-3-5-13(8-11)10-19-16-7-6-14(17)9-15(16)12(2)18/h3-9,12,18H,10H2,1-2H3/t12-/m0/s1. The van der Waals surface area contributed by atoms with Crippen molar-refractivity contribution < 1.29 is 9.84 Å². The van der Waals surface area contributed by atoms with Crippen LogP contribution >= 0.6 is 15.9 Å². The van der Waals surface area contributed by atoms with Crippen LogP contribution in [0.25, 0.3) is 0 Å². The molecule has 2 rings (SSSR count). The van der Waals surface area contributed by atoms with Crippen molar-refractivity contribution in [1.29, 1.82) is 0 Å². The molecule has 0 heterocycles. The molecule has 0 saturated carbocycles. The topological polar surface area (TPSA) is 29.5 Å². The number of rotatable bonds is 4. The van der Waals surface area contributed by atoms with E-state index in [1.54, 1.807) is 6.92 Å². The third-order valence-corrected chi connectivity index (χ3v) is 3.39. The summed E-state index contributed by atoms with van der Waals surface area (Å²) in [7, 11) is 0. The molecule has 0 aliphatic heterocycles. The maximum absolute atomic E-state index is 9.77. The summed E-state index contributed by atoms with van der Waals surface area (Å²) in [4.78, 5) is 0. The van der Waals surface area contributed by atoms with Crippen molar-refractivity contribution in [3.8, 4) is 5.75 Å². The van der Waals surface area contributed by atoms with Crippen LogP contribution < -0.4 is 4.74 Å². The molecule has 2 aromatic rings. The highest BCUT2D eigenvalue weighted by atomic mass is 79.9. The fourth-order valence-corrected chi connectivity index (χ4v) is 2.32. The van der Waals surface area contributed by atoms with Crippen molar-refractivity contribution in [1.82, 2.24) is 0 Å². The number of ether oxygens (including phenoxy) is 1. The predicted molar refractivity (Wildman–Crippen MR) is 80.3 cm³/mol. The van der Waals surface area contributed by atoms with Crippen LogP contribution in [-0.4, -0.2) is 5.11 Å². The molecule has 0 radical (unpaired) electrons. The van der Waals surface area contributed by atoms with Gasteiger partial charge in [-0.25, -0.2) is 0 Å². The van der Waals surface area contributed by atoms with Crippen LogP contribution in [0, 0.1) is 6.92 Å². The van der Waals surface area contributed by atoms with E-state index in [1.165, 1.54) is 5.56 Å². The minimum Gasteiger partial charge on any atom is -0.489 e. The Morgan fingerprint density at radius 3 is 2.68 bits per heavy atom. The van der Waals surface area contributed by atoms with Crippen molar-refractivity contribution in [3.63, 3.8) is 0 Å². The van der Waals surface area contributed by atoms with Crippen LogP contribution in [0.5, 0.6) is 5.75 Å². The Balaban J connectivity index is 2.15. The minimum atomic E-state index is -0.551. The molecule has 1 N–H and O–H groups in total. The monoisotopic (exact) mass is 320 g/mol. The second kappa shape index (κ2) is 6.22. The van der Waals surface area contributed by atoms with Crippen LogP contribution in [-0.2, 0) is 6.61 Å². The zero-order valence-corrected chi connectivity index (χ0v) is 12.6. The van der Waals surface area contributed by atoms with Gasteiger partial charge in [-0.3, -0.25) is 0 Å². The Morgan fingerprint density at radius 1 is 1.21 bits per heavy atom. The lowest BCUT2D eigenvalue weighted by Crippen LogP contribution is -2.01. The summed E-state index contributed by atoms with van der Waals surface area (Å²) in [5.74, 6) is 0.722. The Morgan fingerprint density at radius 2 is 2.00 bits per heavy atom. The Hall–Kier alpha value is -1.32. The summed E-state index contributed by atoms with van der Waals surface area (Å²) in [6, 6.07) is 13.9. The summed E-state index contributed by atoms with van der Waals surface area (Å²) in [6.07, 6.45) is -0.551. The van der Waals surface area contributed by atoms with Crippen molar-refractivity contribution in [2.75, 3.05) is 0 Å². The number of hydrogen-bond donors (Lipinski definition) is 1. The normalized spacial score (nSPS) is 12.2. The summed E-state index contributed by atoms with van der Waals surface area (Å²) in [5, 5.41) is 9.77. The van der Waals surface area contributed by atoms with Gasteiger partial charge in [-0.1, -0.05) is 45.8 Å². The van der Waals surface area contributed by atoms with Crippen molar-refractivity contribution in [2.45, 2.75) is 26.6 Å². The average Bonchev–Trinajstić information content (AvgIpc) is 2.37. The molecule has 0 saturated heterocycles. The molecule has 0 bridgehead atoms. The highest BCUT2D eigenvalue weighted by Gasteiger charge is 2.10. The molecule has 0 fully saturated rings. The van der Waals surface area contributed by atoms with Crippen molar-refractivity contribution >= 4 is 15.9 Å². The number of benzene rings is 2. The summed E-state index contributed by atoms with van der Waals surface area (Å²) >= 11 is 3.40. The maximum Gasteiger partial charge on any atom is 0.125 e. The SMILES string of the molecule is Cc1cccc(COc2ccc(Br)cc2[C@H](C)O)c1. The first kappa shape index (κ1) is 14.1. The first-order chi connectivity index (χ1) is 9.06. The third-order valence-electron chi connectivity index (χ3n) is 2.90. The first-order valence-corrected chi connectivity index (χ1v) is 7.01. The largest absolute Gasteiger partial charge is 0.489 e. The molecule has 19 heavy (non-hydrogen) atoms. The highest BCUT2D eigenvalue weighted by Crippen LogP contribution is 2.29. The molecule has 0 aliphatic carbocycles. The van der Waals surface area contributed by atoms with Gasteiger partial charge in [-0.15, -0.1) is 0 Å². The summed E-state index contributed by atoms with van der Waals surface area (Å²) < 4.78 is 6.75. The van der Waals surface area contributed by atoms with E-state index in [0.29, 0.717) is 6.61 Å². The van der Waals surface area contributed by atoms with Crippen LogP contribution in [0.15, 0.2) is 46.9 Å². The van der Waals surface area contributed by atoms with Gasteiger partial charge in [0.25, 0.3) is 0 Å². The lowest BCUT2D eigenvalue weighted by molar-refractivity contribution is 0.190. The molecule has 0 spiro atoms. The number of hydrogen-bond acceptors (Lipinski definition) is 2. The summed E-state index contributed by atoms with van der Waals surface area (Å²) in [6.45, 7) is 4.30.